The van der Waals surface area contributed by atoms with Crippen molar-refractivity contribution in [1.29, 1.82) is 0 Å². The minimum Gasteiger partial charge on any atom is -0.508 e. The minimum absolute atomic E-state index is 0.0231. The number of carbonyl (C=O) groups excluding carboxylic acids is 12. The zero-order valence-electron chi connectivity index (χ0n) is 62.8. The highest BCUT2D eigenvalue weighted by molar-refractivity contribution is 8.76. The number of unbranched alkanes of at least 4 members (excludes halogenated alkanes) is 1. The first-order chi connectivity index (χ1) is 53.5. The molecule has 0 radical (unpaired) electrons. The molecule has 34 nitrogen and oxygen atoms in total. The van der Waals surface area contributed by atoms with Crippen LogP contribution in [0.5, 0.6) is 5.75 Å². The second-order valence-corrected chi connectivity index (χ2v) is 30.6. The van der Waals surface area contributed by atoms with Crippen molar-refractivity contribution in [1.82, 2.24) is 74.1 Å². The van der Waals surface area contributed by atoms with Crippen LogP contribution in [0.4, 0.5) is 0 Å². The van der Waals surface area contributed by atoms with Gasteiger partial charge in [0, 0.05) is 73.4 Å². The number of aliphatic carboxylic acids is 1. The molecule has 2 aliphatic heterocycles. The van der Waals surface area contributed by atoms with E-state index < -0.39 is 187 Å². The summed E-state index contributed by atoms with van der Waals surface area (Å²) in [6.45, 7) is 5.52. The number of carboxylic acids is 1. The van der Waals surface area contributed by atoms with Crippen molar-refractivity contribution >= 4 is 109 Å². The fourth-order valence-electron chi connectivity index (χ4n) is 12.2. The number of hydrogen-bond donors (Lipinski definition) is 21. The van der Waals surface area contributed by atoms with Crippen LogP contribution in [0.15, 0.2) is 109 Å². The molecule has 5 aromatic rings. The number of para-hydroxylation sites is 1. The Hall–Kier alpha value is -10.2. The predicted molar refractivity (Wildman–Crippen MR) is 417 cm³/mol. The summed E-state index contributed by atoms with van der Waals surface area (Å²) < 4.78 is 0. The number of benzene rings is 4. The van der Waals surface area contributed by atoms with Crippen LogP contribution in [0.1, 0.15) is 107 Å². The lowest BCUT2D eigenvalue weighted by Crippen LogP contribution is -2.63. The Morgan fingerprint density at radius 3 is 1.70 bits per heavy atom. The standard InChI is InChI=1S/C76H104N16O18S2/c1-41(2)80-36-47-22-20-46(21-23-47)34-57-71(104)92-63(42(3)94)74(107)84-54-19-11-13-31-79-62(97)29-28-55(67(100)85-56(33-44-14-6-5-7-15-44)69(102)87-58(70(103)86-57)35-48-37-81-52-17-9-8-16-50(48)52)83-66(99)53(18-10-12-30-77)82-73(106)60(89-65(98)51(78)32-45-24-26-49(96)27-25-45)39-111-112-40-61(76(109)110)90-72(105)59(38-93)88-75(108)64(43(4)95)91-68(54)101/h5-9,14-17,20-27,37,41-43,51,53-61,63-64,80-81,93-96H,10-13,18-19,28-36,38-40,77-78H2,1-4H3,(H,79,97)(H,82,106)(H,83,99)(H,84,107)(H,85,100)(H,86,103)(H,87,102)(H,88,108)(H,89,98)(H,90,105)(H,91,101)(H,92,104)(H,109,110)/t42-,43-,51+,53+,54+,55+,56+,57+,58-,59+,60+,61+,63-,64+/m1/s1. The predicted octanol–water partition coefficient (Wildman–Crippen LogP) is -2.26. The van der Waals surface area contributed by atoms with Crippen LogP contribution >= 0.6 is 21.6 Å². The lowest BCUT2D eigenvalue weighted by atomic mass is 9.99. The second-order valence-electron chi connectivity index (χ2n) is 28.0. The lowest BCUT2D eigenvalue weighted by molar-refractivity contribution is -0.142. The van der Waals surface area contributed by atoms with Crippen molar-refractivity contribution in [2.45, 2.75) is 202 Å². The van der Waals surface area contributed by atoms with E-state index in [0.717, 1.165) is 34.1 Å². The number of amides is 12. The van der Waals surface area contributed by atoms with Gasteiger partial charge in [-0.15, -0.1) is 0 Å². The highest BCUT2D eigenvalue weighted by Gasteiger charge is 2.39. The van der Waals surface area contributed by atoms with E-state index in [4.69, 9.17) is 11.5 Å². The molecule has 608 valence electrons. The molecule has 0 aliphatic carbocycles. The molecule has 112 heavy (non-hydrogen) atoms. The Morgan fingerprint density at radius 1 is 0.545 bits per heavy atom. The summed E-state index contributed by atoms with van der Waals surface area (Å²) in [7, 11) is 1.62. The molecule has 4 aromatic carbocycles. The topological polar surface area (TPSA) is 547 Å². The van der Waals surface area contributed by atoms with Gasteiger partial charge in [0.15, 0.2) is 0 Å². The number of carbonyl (C=O) groups is 13. The molecule has 23 N–H and O–H groups in total. The molecule has 14 atom stereocenters. The van der Waals surface area contributed by atoms with Gasteiger partial charge >= 0.3 is 5.97 Å². The molecule has 3 heterocycles. The first-order valence-electron chi connectivity index (χ1n) is 37.2. The van der Waals surface area contributed by atoms with Gasteiger partial charge in [-0.1, -0.05) is 120 Å². The van der Waals surface area contributed by atoms with Crippen molar-refractivity contribution in [2.24, 2.45) is 11.5 Å². The van der Waals surface area contributed by atoms with Gasteiger partial charge in [-0.25, -0.2) is 4.79 Å². The molecule has 0 spiro atoms. The van der Waals surface area contributed by atoms with E-state index in [-0.39, 0.29) is 88.4 Å². The largest absolute Gasteiger partial charge is 0.508 e. The van der Waals surface area contributed by atoms with Crippen molar-refractivity contribution in [3.05, 3.63) is 137 Å². The summed E-state index contributed by atoms with van der Waals surface area (Å²) in [4.78, 5) is 193. The van der Waals surface area contributed by atoms with Crippen molar-refractivity contribution < 1.29 is 87.9 Å². The summed E-state index contributed by atoms with van der Waals surface area (Å²) in [6.07, 6.45) is -3.66. The molecule has 0 unspecified atom stereocenters. The normalized spacial score (nSPS) is 24.3. The van der Waals surface area contributed by atoms with Gasteiger partial charge in [-0.3, -0.25) is 57.5 Å². The number of aromatic amines is 1. The number of aromatic nitrogens is 1. The van der Waals surface area contributed by atoms with Crippen LogP contribution in [0, 0.1) is 0 Å². The van der Waals surface area contributed by atoms with Crippen molar-refractivity contribution in [3.8, 4) is 5.75 Å². The Balaban J connectivity index is 1.36. The van der Waals surface area contributed by atoms with E-state index in [2.05, 4.69) is 74.1 Å². The number of aliphatic hydroxyl groups excluding tert-OH is 3. The molecule has 2 fully saturated rings. The fourth-order valence-corrected chi connectivity index (χ4v) is 14.5. The number of H-pyrrole nitrogens is 1. The zero-order valence-corrected chi connectivity index (χ0v) is 64.4. The van der Waals surface area contributed by atoms with Crippen LogP contribution in [-0.4, -0.2) is 229 Å². The van der Waals surface area contributed by atoms with Gasteiger partial charge < -0.3 is 111 Å². The van der Waals surface area contributed by atoms with Gasteiger partial charge in [0.05, 0.1) is 24.9 Å². The van der Waals surface area contributed by atoms with E-state index >= 15 is 24.0 Å². The number of aromatic hydroxyl groups is 1. The molecule has 36 heteroatoms. The van der Waals surface area contributed by atoms with Gasteiger partial charge in [0.25, 0.3) is 0 Å². The first-order valence-corrected chi connectivity index (χ1v) is 39.7. The second kappa shape index (κ2) is 44.7. The number of carboxylic acid groups (broad SMARTS) is 1. The van der Waals surface area contributed by atoms with E-state index in [0.29, 0.717) is 46.1 Å². The van der Waals surface area contributed by atoms with Crippen LogP contribution in [0.25, 0.3) is 10.9 Å². The first kappa shape index (κ1) is 89.0. The number of aliphatic hydroxyl groups is 3. The number of nitrogens with one attached hydrogen (secondary N) is 14. The van der Waals surface area contributed by atoms with Crippen molar-refractivity contribution in [3.63, 3.8) is 0 Å². The monoisotopic (exact) mass is 1590 g/mol. The number of nitrogens with two attached hydrogens (primary N) is 2. The molecular weight excluding hydrogens is 1490 g/mol. The van der Waals surface area contributed by atoms with Crippen LogP contribution in [0.2, 0.25) is 0 Å². The molecule has 2 saturated heterocycles. The lowest BCUT2D eigenvalue weighted by Gasteiger charge is -2.29. The van der Waals surface area contributed by atoms with Gasteiger partial charge in [0.2, 0.25) is 70.9 Å². The highest BCUT2D eigenvalue weighted by atomic mass is 33.1. The zero-order chi connectivity index (χ0) is 81.6. The van der Waals surface area contributed by atoms with Crippen LogP contribution in [-0.2, 0) is 94.6 Å². The quantitative estimate of drug-likeness (QED) is 0.0272. The molecule has 0 saturated carbocycles. The summed E-state index contributed by atoms with van der Waals surface area (Å²) in [5.74, 6) is -14.9. The number of fused-ring (bicyclic) bond motifs is 10. The molecule has 1 aromatic heterocycles. The maximum atomic E-state index is 15.5. The van der Waals surface area contributed by atoms with E-state index in [9.17, 15) is 63.9 Å². The maximum Gasteiger partial charge on any atom is 0.327 e. The Labute approximate surface area is 655 Å². The average Bonchev–Trinajstić information content (AvgIpc) is 1.64. The number of phenolic OH excluding ortho intramolecular Hbond substituents is 1. The SMILES string of the molecule is CC(C)NCc1ccc(C[C@@H]2NC(=O)[C@@H](Cc3c[nH]c4ccccc34)NC(=O)[C@H](Cc3ccccc3)NC(=O)[C@@H]3CCC(=O)NCCCC[C@H](NC(=O)[C@@H]([C@@H](C)O)NC2=O)C(=O)N[C@@H]([C@@H](C)O)C(=O)N[C@@H](CO)C(=O)N[C@H](C(=O)O)CSSC[C@H](NC(=O)[C@@H](N)Cc2ccc(O)cc2)C(=O)N[C@@H](CCCCN)C(=O)N3)cc1. The number of phenols is 1. The van der Waals surface area contributed by atoms with Gasteiger partial charge in [-0.2, -0.15) is 0 Å². The Kier molecular flexibility index (Phi) is 35.5. The minimum atomic E-state index is -1.98. The third kappa shape index (κ3) is 28.2. The average molecular weight is 1590 g/mol. The summed E-state index contributed by atoms with van der Waals surface area (Å²) in [5, 5.41) is 88.1. The molecule has 7 rings (SSSR count). The smallest absolute Gasteiger partial charge is 0.327 e. The third-order valence-electron chi connectivity index (χ3n) is 18.7. The van der Waals surface area contributed by atoms with Gasteiger partial charge in [0.1, 0.15) is 72.2 Å². The molecule has 2 bridgehead atoms. The van der Waals surface area contributed by atoms with E-state index in [1.807, 2.05) is 13.8 Å². The highest BCUT2D eigenvalue weighted by Crippen LogP contribution is 2.25. The van der Waals surface area contributed by atoms with Gasteiger partial charge in [-0.05, 0) is 118 Å². The maximum absolute atomic E-state index is 15.5. The summed E-state index contributed by atoms with van der Waals surface area (Å²) in [6, 6.07) is 8.25. The molecule has 2 aliphatic rings. The van der Waals surface area contributed by atoms with Crippen molar-refractivity contribution in [2.75, 3.05) is 31.2 Å². The Morgan fingerprint density at radius 2 is 1.06 bits per heavy atom. The summed E-state index contributed by atoms with van der Waals surface area (Å²) in [5.41, 5.74) is 15.9. The molecular formula is C76H104N16O18S2. The van der Waals surface area contributed by atoms with E-state index in [1.54, 1.807) is 85.1 Å². The molecule has 12 amide bonds. The fraction of sp³-hybridized carbons (Fsp3) is 0.487. The van der Waals surface area contributed by atoms with E-state index in [1.165, 1.54) is 31.2 Å². The third-order valence-corrected chi connectivity index (χ3v) is 21.1. The number of hydrogen-bond acceptors (Lipinski definition) is 22. The van der Waals surface area contributed by atoms with Crippen LogP contribution < -0.4 is 80.6 Å². The van der Waals surface area contributed by atoms with Crippen LogP contribution in [0.3, 0.4) is 0 Å². The number of rotatable bonds is 21. The summed E-state index contributed by atoms with van der Waals surface area (Å²) >= 11 is 0. The Bertz CT molecular complexity index is 4030.